The van der Waals surface area contributed by atoms with Crippen molar-refractivity contribution in [1.29, 1.82) is 0 Å². The van der Waals surface area contributed by atoms with Crippen LogP contribution in [-0.4, -0.2) is 128 Å². The van der Waals surface area contributed by atoms with Gasteiger partial charge in [-0.15, -0.1) is 0 Å². The minimum Gasteiger partial charge on any atom is -0.336 e. The van der Waals surface area contributed by atoms with E-state index in [0.29, 0.717) is 115 Å². The molecule has 0 radical (unpaired) electrons. The molecule has 0 saturated carbocycles. The SMILES string of the molecule is CCNCN(CNc1nc(C)nc(C)n1)c1nc(N(CNCC)CNc2nc(C)nc(C)n2)nc(N(CNc2nc(C)nc(C)n2)CNc2nc(C)nc(C)n2)n1. The largest absolute Gasteiger partial charge is 0.336 e. The Balaban J connectivity index is 1.58. The van der Waals surface area contributed by atoms with E-state index in [-0.39, 0.29) is 26.7 Å². The number of rotatable bonds is 21. The topological polar surface area (TPSA) is 275 Å². The van der Waals surface area contributed by atoms with Gasteiger partial charge < -0.3 is 46.6 Å². The van der Waals surface area contributed by atoms with Gasteiger partial charge in [-0.2, -0.15) is 54.8 Å². The van der Waals surface area contributed by atoms with Crippen molar-refractivity contribution in [1.82, 2.24) is 85.4 Å². The molecule has 24 heteroatoms. The number of hydrogen-bond acceptors (Lipinski definition) is 24. The second kappa shape index (κ2) is 19.9. The second-order valence-electron chi connectivity index (χ2n) is 12.7. The molecule has 0 bridgehead atoms. The molecule has 0 unspecified atom stereocenters. The zero-order chi connectivity index (χ0) is 40.9. The Hall–Kier alpha value is -6.43. The van der Waals surface area contributed by atoms with Crippen molar-refractivity contribution < 1.29 is 0 Å². The average Bonchev–Trinajstić information content (AvgIpc) is 3.13. The molecule has 0 aliphatic heterocycles. The van der Waals surface area contributed by atoms with E-state index < -0.39 is 0 Å². The fourth-order valence-electron chi connectivity index (χ4n) is 5.30. The highest BCUT2D eigenvalue weighted by Crippen LogP contribution is 2.20. The van der Waals surface area contributed by atoms with Gasteiger partial charge in [-0.25, -0.2) is 19.9 Å². The Morgan fingerprint density at radius 3 is 0.719 bits per heavy atom. The van der Waals surface area contributed by atoms with Crippen molar-refractivity contribution >= 4 is 41.6 Å². The maximum atomic E-state index is 5.04. The van der Waals surface area contributed by atoms with E-state index in [2.05, 4.69) is 91.7 Å². The molecule has 0 aliphatic rings. The Morgan fingerprint density at radius 2 is 0.509 bits per heavy atom. The van der Waals surface area contributed by atoms with Crippen LogP contribution in [0, 0.1) is 55.4 Å². The molecule has 0 aliphatic carbocycles. The zero-order valence-corrected chi connectivity index (χ0v) is 34.2. The lowest BCUT2D eigenvalue weighted by molar-refractivity contribution is 0.646. The fourth-order valence-corrected chi connectivity index (χ4v) is 5.30. The van der Waals surface area contributed by atoms with Gasteiger partial charge in [0, 0.05) is 0 Å². The Kier molecular flexibility index (Phi) is 14.6. The summed E-state index contributed by atoms with van der Waals surface area (Å²) in [5, 5.41) is 20.1. The average molecular weight is 785 g/mol. The third-order valence-corrected chi connectivity index (χ3v) is 7.70. The van der Waals surface area contributed by atoms with Gasteiger partial charge in [0.2, 0.25) is 41.6 Å². The smallest absolute Gasteiger partial charge is 0.234 e. The van der Waals surface area contributed by atoms with Crippen LogP contribution in [-0.2, 0) is 0 Å². The summed E-state index contributed by atoms with van der Waals surface area (Å²) in [6.07, 6.45) is 0. The van der Waals surface area contributed by atoms with E-state index in [0.717, 1.165) is 0 Å². The number of anilines is 7. The number of hydrogen-bond donors (Lipinski definition) is 6. The van der Waals surface area contributed by atoms with Crippen LogP contribution in [0.3, 0.4) is 0 Å². The van der Waals surface area contributed by atoms with Crippen molar-refractivity contribution in [3.05, 3.63) is 46.6 Å². The highest BCUT2D eigenvalue weighted by atomic mass is 15.5. The molecule has 0 saturated heterocycles. The van der Waals surface area contributed by atoms with Gasteiger partial charge in [-0.1, -0.05) is 13.8 Å². The summed E-state index contributed by atoms with van der Waals surface area (Å²) in [4.78, 5) is 73.9. The van der Waals surface area contributed by atoms with Crippen LogP contribution in [0.5, 0.6) is 0 Å². The first-order chi connectivity index (χ1) is 27.4. The molecule has 24 nitrogen and oxygen atoms in total. The van der Waals surface area contributed by atoms with E-state index in [1.54, 1.807) is 0 Å². The minimum absolute atomic E-state index is 0.172. The number of aryl methyl sites for hydroxylation is 8. The summed E-state index contributed by atoms with van der Waals surface area (Å²) in [5.74, 6) is 7.45. The summed E-state index contributed by atoms with van der Waals surface area (Å²) in [5.41, 5.74) is 0. The van der Waals surface area contributed by atoms with Crippen LogP contribution in [0.1, 0.15) is 60.4 Å². The normalized spacial score (nSPS) is 11.0. The molecular weight excluding hydrogens is 733 g/mol. The van der Waals surface area contributed by atoms with Crippen molar-refractivity contribution in [2.45, 2.75) is 69.2 Å². The molecule has 0 amide bonds. The first-order valence-corrected chi connectivity index (χ1v) is 18.5. The third kappa shape index (κ3) is 12.8. The molecule has 0 spiro atoms. The quantitative estimate of drug-likeness (QED) is 0.0564. The molecule has 0 aromatic carbocycles. The zero-order valence-electron chi connectivity index (χ0n) is 34.2. The predicted molar refractivity (Wildman–Crippen MR) is 216 cm³/mol. The first-order valence-electron chi connectivity index (χ1n) is 18.5. The Bertz CT molecular complexity index is 1860. The van der Waals surface area contributed by atoms with Crippen LogP contribution in [0.4, 0.5) is 41.6 Å². The second-order valence-corrected chi connectivity index (χ2v) is 12.7. The maximum Gasteiger partial charge on any atom is 0.234 e. The van der Waals surface area contributed by atoms with Gasteiger partial charge in [-0.3, -0.25) is 0 Å². The lowest BCUT2D eigenvalue weighted by atomic mass is 10.5. The lowest BCUT2D eigenvalue weighted by Gasteiger charge is -2.29. The monoisotopic (exact) mass is 784 g/mol. The van der Waals surface area contributed by atoms with Crippen LogP contribution in [0.15, 0.2) is 0 Å². The lowest BCUT2D eigenvalue weighted by Crippen LogP contribution is -2.43. The standard InChI is InChI=1S/C33H52N24/c1-11-34-13-55(15-36-27-44-19(3)40-20(4)45-27)31-52-32(56(14-35-12-2)16-37-28-46-21(5)41-22(6)47-28)54-33(53-31)57(17-38-29-48-23(7)42-24(8)49-29)18-39-30-50-25(9)43-26(10)51-30/h34-35H,11-18H2,1-10H3,(H,36,40,44,45)(H,37,41,46,47)(H,38,42,48,49)(H,39,43,50,51). The molecule has 304 valence electrons. The van der Waals surface area contributed by atoms with Crippen LogP contribution in [0.2, 0.25) is 0 Å². The highest BCUT2D eigenvalue weighted by Gasteiger charge is 2.22. The van der Waals surface area contributed by atoms with Crippen LogP contribution in [0.25, 0.3) is 0 Å². The summed E-state index contributed by atoms with van der Waals surface area (Å²) in [7, 11) is 0. The Morgan fingerprint density at radius 1 is 0.298 bits per heavy atom. The molecule has 6 N–H and O–H groups in total. The van der Waals surface area contributed by atoms with Gasteiger partial charge in [0.15, 0.2) is 0 Å². The van der Waals surface area contributed by atoms with Crippen molar-refractivity contribution in [2.24, 2.45) is 0 Å². The summed E-state index contributed by atoms with van der Waals surface area (Å²) < 4.78 is 0. The molecule has 5 rings (SSSR count). The summed E-state index contributed by atoms with van der Waals surface area (Å²) >= 11 is 0. The van der Waals surface area contributed by atoms with Gasteiger partial charge in [0.25, 0.3) is 0 Å². The first kappa shape index (κ1) is 41.7. The Labute approximate surface area is 331 Å². The van der Waals surface area contributed by atoms with E-state index in [9.17, 15) is 0 Å². The van der Waals surface area contributed by atoms with Crippen LogP contribution >= 0.6 is 0 Å². The van der Waals surface area contributed by atoms with Crippen molar-refractivity contribution in [3.63, 3.8) is 0 Å². The fraction of sp³-hybridized carbons (Fsp3) is 0.545. The van der Waals surface area contributed by atoms with E-state index in [1.807, 2.05) is 83.9 Å². The van der Waals surface area contributed by atoms with E-state index >= 15 is 0 Å². The molecular formula is C33H52N24. The number of nitrogens with zero attached hydrogens (tertiary/aromatic N) is 18. The molecule has 5 aromatic heterocycles. The molecule has 57 heavy (non-hydrogen) atoms. The van der Waals surface area contributed by atoms with Crippen molar-refractivity contribution in [2.75, 3.05) is 89.1 Å². The number of nitrogens with one attached hydrogen (secondary N) is 6. The number of aromatic nitrogens is 15. The predicted octanol–water partition coefficient (Wildman–Crippen LogP) is 0.911. The summed E-state index contributed by atoms with van der Waals surface area (Å²) in [6, 6.07) is 0. The highest BCUT2D eigenvalue weighted by molar-refractivity contribution is 5.49. The van der Waals surface area contributed by atoms with Gasteiger partial charge in [0.05, 0.1) is 40.0 Å². The summed E-state index contributed by atoms with van der Waals surface area (Å²) in [6.45, 7) is 21.6. The molecule has 5 heterocycles. The van der Waals surface area contributed by atoms with Crippen LogP contribution < -0.4 is 46.6 Å². The van der Waals surface area contributed by atoms with Crippen molar-refractivity contribution in [3.8, 4) is 0 Å². The molecule has 5 aromatic rings. The molecule has 0 atom stereocenters. The molecule has 0 fully saturated rings. The van der Waals surface area contributed by atoms with E-state index in [4.69, 9.17) is 15.0 Å². The van der Waals surface area contributed by atoms with Gasteiger partial charge >= 0.3 is 0 Å². The minimum atomic E-state index is 0.172. The maximum absolute atomic E-state index is 5.04. The van der Waals surface area contributed by atoms with E-state index in [1.165, 1.54) is 0 Å². The third-order valence-electron chi connectivity index (χ3n) is 7.70. The van der Waals surface area contributed by atoms with Gasteiger partial charge in [0.1, 0.15) is 46.6 Å². The van der Waals surface area contributed by atoms with Gasteiger partial charge in [-0.05, 0) is 68.5 Å².